The van der Waals surface area contributed by atoms with Gasteiger partial charge in [-0.2, -0.15) is 9.57 Å². The second-order valence-electron chi connectivity index (χ2n) is 3.62. The Bertz CT molecular complexity index is 350. The molecule has 0 aromatic heterocycles. The molecule has 92 valence electrons. The molecule has 1 heterocycles. The van der Waals surface area contributed by atoms with E-state index >= 15 is 0 Å². The molecule has 0 saturated carbocycles. The van der Waals surface area contributed by atoms with Crippen LogP contribution in [-0.4, -0.2) is 57.9 Å². The normalized spacial score (nSPS) is 22.9. The van der Waals surface area contributed by atoms with Crippen molar-refractivity contribution < 1.29 is 13.2 Å². The second-order valence-corrected chi connectivity index (χ2v) is 5.66. The maximum absolute atomic E-state index is 11.9. The number of hydrogen-bond donors (Lipinski definition) is 1. The van der Waals surface area contributed by atoms with E-state index in [1.807, 2.05) is 6.07 Å². The summed E-state index contributed by atoms with van der Waals surface area (Å²) in [5.74, 6) is 0.0407. The highest BCUT2D eigenvalue weighted by Crippen LogP contribution is 2.10. The van der Waals surface area contributed by atoms with Gasteiger partial charge in [0.15, 0.2) is 0 Å². The molecule has 0 aliphatic carbocycles. The Hall–Kier alpha value is -0.680. The largest absolute Gasteiger partial charge is 0.385 e. The Morgan fingerprint density at radius 2 is 2.38 bits per heavy atom. The number of nitrogens with one attached hydrogen (secondary N) is 1. The fourth-order valence-electron chi connectivity index (χ4n) is 1.63. The van der Waals surface area contributed by atoms with E-state index in [9.17, 15) is 8.42 Å². The van der Waals surface area contributed by atoms with Gasteiger partial charge in [-0.1, -0.05) is 0 Å². The zero-order valence-electron chi connectivity index (χ0n) is 9.35. The van der Waals surface area contributed by atoms with Crippen molar-refractivity contribution in [3.05, 3.63) is 0 Å². The van der Waals surface area contributed by atoms with Gasteiger partial charge < -0.3 is 10.1 Å². The van der Waals surface area contributed by atoms with E-state index in [2.05, 4.69) is 5.32 Å². The molecule has 1 aliphatic rings. The molecule has 0 bridgehead atoms. The molecule has 0 spiro atoms. The van der Waals surface area contributed by atoms with Crippen molar-refractivity contribution in [2.75, 3.05) is 39.1 Å². The second kappa shape index (κ2) is 6.15. The standard InChI is InChI=1S/C9H17N3O3S/c1-15-5-2-6-16(13,14)12-4-3-11-8-9(12)7-10/h9,11H,2-6,8H2,1H3. The van der Waals surface area contributed by atoms with Gasteiger partial charge in [0.1, 0.15) is 6.04 Å². The number of sulfonamides is 1. The van der Waals surface area contributed by atoms with E-state index in [0.29, 0.717) is 32.7 Å². The topological polar surface area (TPSA) is 82.4 Å². The van der Waals surface area contributed by atoms with Crippen molar-refractivity contribution in [3.8, 4) is 6.07 Å². The Morgan fingerprint density at radius 1 is 1.62 bits per heavy atom. The number of piperazine rings is 1. The molecule has 7 heteroatoms. The number of hydrogen-bond acceptors (Lipinski definition) is 5. The van der Waals surface area contributed by atoms with Gasteiger partial charge in [0, 0.05) is 33.4 Å². The Balaban J connectivity index is 2.62. The minimum Gasteiger partial charge on any atom is -0.385 e. The maximum Gasteiger partial charge on any atom is 0.215 e. The smallest absolute Gasteiger partial charge is 0.215 e. The van der Waals surface area contributed by atoms with Crippen molar-refractivity contribution in [2.24, 2.45) is 0 Å². The SMILES string of the molecule is COCCCS(=O)(=O)N1CCNCC1C#N. The van der Waals surface area contributed by atoms with E-state index in [4.69, 9.17) is 10.00 Å². The zero-order valence-corrected chi connectivity index (χ0v) is 10.2. The molecule has 6 nitrogen and oxygen atoms in total. The van der Waals surface area contributed by atoms with E-state index in [1.165, 1.54) is 11.4 Å². The Morgan fingerprint density at radius 3 is 3.00 bits per heavy atom. The van der Waals surface area contributed by atoms with Gasteiger partial charge in [-0.05, 0) is 6.42 Å². The van der Waals surface area contributed by atoms with Gasteiger partial charge in [0.05, 0.1) is 11.8 Å². The summed E-state index contributed by atoms with van der Waals surface area (Å²) in [5, 5.41) is 11.9. The summed E-state index contributed by atoms with van der Waals surface area (Å²) in [6.45, 7) is 1.79. The van der Waals surface area contributed by atoms with E-state index in [-0.39, 0.29) is 5.75 Å². The predicted molar refractivity (Wildman–Crippen MR) is 59.3 cm³/mol. The van der Waals surface area contributed by atoms with E-state index in [1.54, 1.807) is 0 Å². The summed E-state index contributed by atoms with van der Waals surface area (Å²) in [5.41, 5.74) is 0. The highest BCUT2D eigenvalue weighted by atomic mass is 32.2. The van der Waals surface area contributed by atoms with Crippen LogP contribution in [0.15, 0.2) is 0 Å². The Labute approximate surface area is 96.2 Å². The quantitative estimate of drug-likeness (QED) is 0.640. The number of ether oxygens (including phenoxy) is 1. The molecular formula is C9H17N3O3S. The molecule has 0 radical (unpaired) electrons. The molecule has 0 aromatic carbocycles. The highest BCUT2D eigenvalue weighted by Gasteiger charge is 2.31. The first-order chi connectivity index (χ1) is 7.61. The summed E-state index contributed by atoms with van der Waals surface area (Å²) in [7, 11) is -1.79. The third-order valence-corrected chi connectivity index (χ3v) is 4.41. The molecule has 1 aliphatic heterocycles. The monoisotopic (exact) mass is 247 g/mol. The fraction of sp³-hybridized carbons (Fsp3) is 0.889. The molecule has 1 N–H and O–H groups in total. The van der Waals surface area contributed by atoms with Crippen LogP contribution < -0.4 is 5.32 Å². The molecule has 0 aromatic rings. The average Bonchev–Trinajstić information content (AvgIpc) is 2.29. The van der Waals surface area contributed by atoms with Crippen LogP contribution >= 0.6 is 0 Å². The van der Waals surface area contributed by atoms with Crippen LogP contribution in [0, 0.1) is 11.3 Å². The van der Waals surface area contributed by atoms with Crippen LogP contribution in [0.2, 0.25) is 0 Å². The molecule has 1 unspecified atom stereocenters. The van der Waals surface area contributed by atoms with Crippen LogP contribution in [0.25, 0.3) is 0 Å². The van der Waals surface area contributed by atoms with Crippen LogP contribution in [-0.2, 0) is 14.8 Å². The van der Waals surface area contributed by atoms with Gasteiger partial charge in [-0.25, -0.2) is 8.42 Å². The fourth-order valence-corrected chi connectivity index (χ4v) is 3.23. The third kappa shape index (κ3) is 3.42. The van der Waals surface area contributed by atoms with Gasteiger partial charge in [0.25, 0.3) is 0 Å². The first-order valence-electron chi connectivity index (χ1n) is 5.20. The summed E-state index contributed by atoms with van der Waals surface area (Å²) >= 11 is 0. The van der Waals surface area contributed by atoms with E-state index in [0.717, 1.165) is 0 Å². The molecule has 1 fully saturated rings. The predicted octanol–water partition coefficient (Wildman–Crippen LogP) is -0.850. The molecule has 1 atom stereocenters. The van der Waals surface area contributed by atoms with Crippen molar-refractivity contribution in [2.45, 2.75) is 12.5 Å². The van der Waals surface area contributed by atoms with Gasteiger partial charge in [0.2, 0.25) is 10.0 Å². The average molecular weight is 247 g/mol. The van der Waals surface area contributed by atoms with Crippen molar-refractivity contribution in [1.82, 2.24) is 9.62 Å². The van der Waals surface area contributed by atoms with Crippen LogP contribution in [0.5, 0.6) is 0 Å². The molecular weight excluding hydrogens is 230 g/mol. The summed E-state index contributed by atoms with van der Waals surface area (Å²) < 4.78 is 30.0. The van der Waals surface area contributed by atoms with E-state index < -0.39 is 16.1 Å². The van der Waals surface area contributed by atoms with Gasteiger partial charge in [-0.3, -0.25) is 0 Å². The number of methoxy groups -OCH3 is 1. The lowest BCUT2D eigenvalue weighted by Crippen LogP contribution is -2.53. The number of rotatable bonds is 5. The zero-order chi connectivity index (χ0) is 12.0. The van der Waals surface area contributed by atoms with Crippen LogP contribution in [0.4, 0.5) is 0 Å². The third-order valence-electron chi connectivity index (χ3n) is 2.45. The number of nitrogens with zero attached hydrogens (tertiary/aromatic N) is 2. The highest BCUT2D eigenvalue weighted by molar-refractivity contribution is 7.89. The molecule has 1 rings (SSSR count). The first kappa shape index (κ1) is 13.4. The minimum atomic E-state index is -3.33. The molecule has 0 amide bonds. The van der Waals surface area contributed by atoms with Crippen molar-refractivity contribution in [1.29, 1.82) is 5.26 Å². The summed E-state index contributed by atoms with van der Waals surface area (Å²) in [4.78, 5) is 0. The van der Waals surface area contributed by atoms with Gasteiger partial charge in [-0.15, -0.1) is 0 Å². The van der Waals surface area contributed by atoms with Crippen LogP contribution in [0.3, 0.4) is 0 Å². The number of nitriles is 1. The first-order valence-corrected chi connectivity index (χ1v) is 6.81. The summed E-state index contributed by atoms with van der Waals surface area (Å²) in [6.07, 6.45) is 0.459. The molecule has 16 heavy (non-hydrogen) atoms. The van der Waals surface area contributed by atoms with Gasteiger partial charge >= 0.3 is 0 Å². The van der Waals surface area contributed by atoms with Crippen molar-refractivity contribution >= 4 is 10.0 Å². The lowest BCUT2D eigenvalue weighted by Gasteiger charge is -2.30. The molecule has 1 saturated heterocycles. The lowest BCUT2D eigenvalue weighted by molar-refractivity contribution is 0.199. The minimum absolute atomic E-state index is 0.0407. The Kier molecular flexibility index (Phi) is 5.15. The van der Waals surface area contributed by atoms with Crippen molar-refractivity contribution in [3.63, 3.8) is 0 Å². The maximum atomic E-state index is 11.9. The lowest BCUT2D eigenvalue weighted by atomic mass is 10.3. The van der Waals surface area contributed by atoms with Crippen LogP contribution in [0.1, 0.15) is 6.42 Å². The summed E-state index contributed by atoms with van der Waals surface area (Å²) in [6, 6.07) is 1.42.